The lowest BCUT2D eigenvalue weighted by Crippen LogP contribution is -2.32. The Morgan fingerprint density at radius 3 is 2.62 bits per heavy atom. The average Bonchev–Trinajstić information content (AvgIpc) is 2.92. The van der Waals surface area contributed by atoms with E-state index in [4.69, 9.17) is 5.73 Å². The van der Waals surface area contributed by atoms with E-state index in [-0.39, 0.29) is 30.2 Å². The SMILES string of the molecule is CC1CC(c2cccc(F)c2)N(C(=O)Cc2ccc(N)cc2)C1.Cl. The van der Waals surface area contributed by atoms with Gasteiger partial charge in [-0.15, -0.1) is 12.4 Å². The summed E-state index contributed by atoms with van der Waals surface area (Å²) in [7, 11) is 0. The molecule has 1 fully saturated rings. The molecule has 0 saturated carbocycles. The van der Waals surface area contributed by atoms with Crippen LogP contribution >= 0.6 is 12.4 Å². The van der Waals surface area contributed by atoms with Crippen molar-refractivity contribution in [3.05, 3.63) is 65.5 Å². The molecule has 5 heteroatoms. The van der Waals surface area contributed by atoms with E-state index in [1.54, 1.807) is 18.2 Å². The minimum absolute atomic E-state index is 0. The van der Waals surface area contributed by atoms with Crippen molar-refractivity contribution in [1.82, 2.24) is 4.90 Å². The van der Waals surface area contributed by atoms with Crippen molar-refractivity contribution in [2.24, 2.45) is 5.92 Å². The third-order valence-electron chi connectivity index (χ3n) is 4.40. The molecule has 0 spiro atoms. The van der Waals surface area contributed by atoms with Gasteiger partial charge in [-0.05, 0) is 47.7 Å². The van der Waals surface area contributed by atoms with Gasteiger partial charge in [0.25, 0.3) is 0 Å². The van der Waals surface area contributed by atoms with Gasteiger partial charge in [0.15, 0.2) is 0 Å². The number of nitrogens with two attached hydrogens (primary N) is 1. The highest BCUT2D eigenvalue weighted by Crippen LogP contribution is 2.35. The van der Waals surface area contributed by atoms with Gasteiger partial charge in [-0.1, -0.05) is 31.2 Å². The number of carbonyl (C=O) groups is 1. The van der Waals surface area contributed by atoms with Crippen LogP contribution in [0, 0.1) is 11.7 Å². The Hall–Kier alpha value is -2.07. The summed E-state index contributed by atoms with van der Waals surface area (Å²) in [5.74, 6) is 0.236. The Morgan fingerprint density at radius 2 is 1.96 bits per heavy atom. The standard InChI is InChI=1S/C19H21FN2O.ClH/c1-13-9-18(15-3-2-4-16(20)11-15)22(12-13)19(23)10-14-5-7-17(21)8-6-14;/h2-8,11,13,18H,9-10,12,21H2,1H3;1H. The van der Waals surface area contributed by atoms with Crippen LogP contribution < -0.4 is 5.73 Å². The molecule has 0 aliphatic carbocycles. The minimum Gasteiger partial charge on any atom is -0.399 e. The number of likely N-dealkylation sites (tertiary alicyclic amines) is 1. The number of carbonyl (C=O) groups excluding carboxylic acids is 1. The van der Waals surface area contributed by atoms with E-state index in [1.807, 2.05) is 23.1 Å². The molecule has 3 nitrogen and oxygen atoms in total. The third-order valence-corrected chi connectivity index (χ3v) is 4.40. The average molecular weight is 349 g/mol. The molecule has 2 unspecified atom stereocenters. The zero-order chi connectivity index (χ0) is 16.4. The van der Waals surface area contributed by atoms with E-state index in [0.717, 1.165) is 24.1 Å². The summed E-state index contributed by atoms with van der Waals surface area (Å²) < 4.78 is 13.5. The van der Waals surface area contributed by atoms with E-state index in [1.165, 1.54) is 12.1 Å². The molecular formula is C19H22ClFN2O. The van der Waals surface area contributed by atoms with Crippen LogP contribution in [0.1, 0.15) is 30.5 Å². The first-order valence-electron chi connectivity index (χ1n) is 7.92. The topological polar surface area (TPSA) is 46.3 Å². The fourth-order valence-corrected chi connectivity index (χ4v) is 3.26. The van der Waals surface area contributed by atoms with Crippen LogP contribution in [0.3, 0.4) is 0 Å². The highest BCUT2D eigenvalue weighted by Gasteiger charge is 2.34. The van der Waals surface area contributed by atoms with E-state index in [2.05, 4.69) is 6.92 Å². The normalized spacial score (nSPS) is 19.8. The van der Waals surface area contributed by atoms with Crippen molar-refractivity contribution >= 4 is 24.0 Å². The Balaban J connectivity index is 0.00000208. The number of benzene rings is 2. The molecule has 128 valence electrons. The number of hydrogen-bond acceptors (Lipinski definition) is 2. The molecule has 1 heterocycles. The van der Waals surface area contributed by atoms with Crippen molar-refractivity contribution in [1.29, 1.82) is 0 Å². The van der Waals surface area contributed by atoms with Crippen molar-refractivity contribution in [3.63, 3.8) is 0 Å². The van der Waals surface area contributed by atoms with Gasteiger partial charge in [0.05, 0.1) is 12.5 Å². The number of hydrogen-bond donors (Lipinski definition) is 1. The molecule has 0 bridgehead atoms. The molecule has 2 aromatic carbocycles. The van der Waals surface area contributed by atoms with E-state index in [0.29, 0.717) is 18.0 Å². The first-order valence-corrected chi connectivity index (χ1v) is 7.92. The van der Waals surface area contributed by atoms with Crippen LogP contribution in [0.2, 0.25) is 0 Å². The van der Waals surface area contributed by atoms with Crippen LogP contribution in [-0.4, -0.2) is 17.4 Å². The number of halogens is 2. The molecule has 0 aromatic heterocycles. The molecule has 1 aliphatic rings. The zero-order valence-corrected chi connectivity index (χ0v) is 14.4. The maximum absolute atomic E-state index is 13.5. The summed E-state index contributed by atoms with van der Waals surface area (Å²) >= 11 is 0. The largest absolute Gasteiger partial charge is 0.399 e. The second kappa shape index (κ2) is 7.67. The Labute approximate surface area is 148 Å². The molecule has 24 heavy (non-hydrogen) atoms. The molecule has 2 aromatic rings. The summed E-state index contributed by atoms with van der Waals surface area (Å²) in [5.41, 5.74) is 8.19. The monoisotopic (exact) mass is 348 g/mol. The molecule has 1 aliphatic heterocycles. The summed E-state index contributed by atoms with van der Waals surface area (Å²) in [6.07, 6.45) is 1.22. The van der Waals surface area contributed by atoms with Gasteiger partial charge in [-0.25, -0.2) is 4.39 Å². The van der Waals surface area contributed by atoms with Crippen molar-refractivity contribution in [2.75, 3.05) is 12.3 Å². The highest BCUT2D eigenvalue weighted by molar-refractivity contribution is 5.85. The van der Waals surface area contributed by atoms with Gasteiger partial charge in [-0.2, -0.15) is 0 Å². The zero-order valence-electron chi connectivity index (χ0n) is 13.6. The first-order chi connectivity index (χ1) is 11.0. The molecule has 0 radical (unpaired) electrons. The molecule has 2 N–H and O–H groups in total. The fraction of sp³-hybridized carbons (Fsp3) is 0.316. The fourth-order valence-electron chi connectivity index (χ4n) is 3.26. The van der Waals surface area contributed by atoms with Crippen molar-refractivity contribution in [3.8, 4) is 0 Å². The Kier molecular flexibility index (Phi) is 5.84. The lowest BCUT2D eigenvalue weighted by atomic mass is 10.0. The summed E-state index contributed by atoms with van der Waals surface area (Å²) in [4.78, 5) is 14.6. The van der Waals surface area contributed by atoms with Gasteiger partial charge in [0.1, 0.15) is 5.82 Å². The lowest BCUT2D eigenvalue weighted by molar-refractivity contribution is -0.131. The predicted molar refractivity (Wildman–Crippen MR) is 96.4 cm³/mol. The second-order valence-corrected chi connectivity index (χ2v) is 6.38. The molecule has 1 amide bonds. The Morgan fingerprint density at radius 1 is 1.25 bits per heavy atom. The number of amides is 1. The van der Waals surface area contributed by atoms with Gasteiger partial charge in [0, 0.05) is 12.2 Å². The third kappa shape index (κ3) is 4.06. The number of anilines is 1. The highest BCUT2D eigenvalue weighted by atomic mass is 35.5. The van der Waals surface area contributed by atoms with Gasteiger partial charge in [-0.3, -0.25) is 4.79 Å². The maximum atomic E-state index is 13.5. The summed E-state index contributed by atoms with van der Waals surface area (Å²) in [5, 5.41) is 0. The van der Waals surface area contributed by atoms with Crippen LogP contribution in [0.4, 0.5) is 10.1 Å². The van der Waals surface area contributed by atoms with Crippen LogP contribution in [-0.2, 0) is 11.2 Å². The van der Waals surface area contributed by atoms with Crippen molar-refractivity contribution < 1.29 is 9.18 Å². The van der Waals surface area contributed by atoms with E-state index < -0.39 is 0 Å². The minimum atomic E-state index is -0.256. The predicted octanol–water partition coefficient (Wildman–Crippen LogP) is 3.98. The number of nitrogen functional groups attached to an aromatic ring is 1. The maximum Gasteiger partial charge on any atom is 0.227 e. The van der Waals surface area contributed by atoms with Gasteiger partial charge < -0.3 is 10.6 Å². The smallest absolute Gasteiger partial charge is 0.227 e. The quantitative estimate of drug-likeness (QED) is 0.853. The summed E-state index contributed by atoms with van der Waals surface area (Å²) in [6.45, 7) is 2.85. The second-order valence-electron chi connectivity index (χ2n) is 6.38. The van der Waals surface area contributed by atoms with Crippen LogP contribution in [0.25, 0.3) is 0 Å². The molecule has 3 rings (SSSR count). The summed E-state index contributed by atoms with van der Waals surface area (Å²) in [6, 6.07) is 13.9. The number of nitrogens with zero attached hydrogens (tertiary/aromatic N) is 1. The molecule has 1 saturated heterocycles. The number of rotatable bonds is 3. The van der Waals surface area contributed by atoms with Gasteiger partial charge in [0.2, 0.25) is 5.91 Å². The lowest BCUT2D eigenvalue weighted by Gasteiger charge is -2.25. The molecular weight excluding hydrogens is 327 g/mol. The van der Waals surface area contributed by atoms with Crippen molar-refractivity contribution in [2.45, 2.75) is 25.8 Å². The first kappa shape index (κ1) is 18.3. The van der Waals surface area contributed by atoms with Crippen LogP contribution in [0.5, 0.6) is 0 Å². The van der Waals surface area contributed by atoms with Crippen LogP contribution in [0.15, 0.2) is 48.5 Å². The van der Waals surface area contributed by atoms with E-state index >= 15 is 0 Å². The molecule has 2 atom stereocenters. The van der Waals surface area contributed by atoms with Gasteiger partial charge >= 0.3 is 0 Å². The Bertz CT molecular complexity index is 705. The van der Waals surface area contributed by atoms with E-state index in [9.17, 15) is 9.18 Å².